The fourth-order valence-corrected chi connectivity index (χ4v) is 1.93. The van der Waals surface area contributed by atoms with E-state index in [0.29, 0.717) is 0 Å². The quantitative estimate of drug-likeness (QED) is 0.856. The Labute approximate surface area is 102 Å². The number of aromatic amines is 1. The summed E-state index contributed by atoms with van der Waals surface area (Å²) in [6.45, 7) is 2.79. The summed E-state index contributed by atoms with van der Waals surface area (Å²) in [6.07, 6.45) is 1.72. The number of nitrogens with one attached hydrogen (secondary N) is 2. The highest BCUT2D eigenvalue weighted by Crippen LogP contribution is 2.17. The lowest BCUT2D eigenvalue weighted by atomic mass is 10.3. The summed E-state index contributed by atoms with van der Waals surface area (Å²) in [5.41, 5.74) is 3.34. The van der Waals surface area contributed by atoms with Crippen molar-refractivity contribution in [2.45, 2.75) is 13.5 Å². The second kappa shape index (κ2) is 4.65. The lowest BCUT2D eigenvalue weighted by molar-refractivity contribution is 1.05. The molecule has 0 fully saturated rings. The van der Waals surface area contributed by atoms with E-state index in [1.54, 1.807) is 6.33 Å². The smallest absolute Gasteiger partial charge is 0.0925 e. The molecule has 4 heteroatoms. The zero-order valence-electron chi connectivity index (χ0n) is 8.42. The van der Waals surface area contributed by atoms with Crippen LogP contribution in [0.3, 0.4) is 0 Å². The summed E-state index contributed by atoms with van der Waals surface area (Å²) < 4.78 is 1.23. The van der Waals surface area contributed by atoms with Gasteiger partial charge in [0.1, 0.15) is 0 Å². The average molecular weight is 313 g/mol. The molecule has 0 saturated heterocycles. The fraction of sp³-hybridized carbons (Fsp3) is 0.182. The Morgan fingerprint density at radius 2 is 2.20 bits per heavy atom. The second-order valence-corrected chi connectivity index (χ2v) is 4.47. The third-order valence-corrected chi connectivity index (χ3v) is 3.20. The maximum Gasteiger partial charge on any atom is 0.0925 e. The number of nitrogens with zero attached hydrogens (tertiary/aromatic N) is 1. The van der Waals surface area contributed by atoms with E-state index in [-0.39, 0.29) is 0 Å². The monoisotopic (exact) mass is 313 g/mol. The van der Waals surface area contributed by atoms with Gasteiger partial charge in [0.15, 0.2) is 0 Å². The molecule has 3 nitrogen and oxygen atoms in total. The Balaban J connectivity index is 2.06. The number of anilines is 1. The fourth-order valence-electron chi connectivity index (χ4n) is 1.35. The Morgan fingerprint density at radius 1 is 1.40 bits per heavy atom. The van der Waals surface area contributed by atoms with Gasteiger partial charge < -0.3 is 10.3 Å². The number of imidazole rings is 1. The van der Waals surface area contributed by atoms with Gasteiger partial charge in [0.2, 0.25) is 0 Å². The molecule has 1 aromatic heterocycles. The first-order valence-electron chi connectivity index (χ1n) is 4.74. The summed E-state index contributed by atoms with van der Waals surface area (Å²) in [6, 6.07) is 8.22. The van der Waals surface area contributed by atoms with Crippen LogP contribution in [0.25, 0.3) is 0 Å². The standard InChI is InChI=1S/C11H12IN3/c1-8-11(15-7-14-8)6-13-10-5-3-2-4-9(10)12/h2-5,7,13H,6H2,1H3,(H,14,15). The summed E-state index contributed by atoms with van der Waals surface area (Å²) in [5, 5.41) is 3.37. The van der Waals surface area contributed by atoms with Gasteiger partial charge in [-0.2, -0.15) is 0 Å². The lowest BCUT2D eigenvalue weighted by Crippen LogP contribution is -2.02. The van der Waals surface area contributed by atoms with E-state index >= 15 is 0 Å². The van der Waals surface area contributed by atoms with Crippen LogP contribution in [0.15, 0.2) is 30.6 Å². The van der Waals surface area contributed by atoms with Crippen molar-refractivity contribution in [3.05, 3.63) is 45.6 Å². The first-order valence-corrected chi connectivity index (χ1v) is 5.82. The first-order chi connectivity index (χ1) is 7.27. The van der Waals surface area contributed by atoms with Crippen molar-refractivity contribution in [2.24, 2.45) is 0 Å². The number of benzene rings is 1. The van der Waals surface area contributed by atoms with Gasteiger partial charge in [-0.25, -0.2) is 4.98 Å². The second-order valence-electron chi connectivity index (χ2n) is 3.31. The van der Waals surface area contributed by atoms with Crippen molar-refractivity contribution in [3.63, 3.8) is 0 Å². The molecule has 78 valence electrons. The highest BCUT2D eigenvalue weighted by Gasteiger charge is 2.01. The molecule has 0 bridgehead atoms. The van der Waals surface area contributed by atoms with Gasteiger partial charge in [0.05, 0.1) is 18.6 Å². The third-order valence-electron chi connectivity index (χ3n) is 2.25. The van der Waals surface area contributed by atoms with E-state index in [1.165, 1.54) is 3.57 Å². The van der Waals surface area contributed by atoms with Crippen LogP contribution in [-0.2, 0) is 6.54 Å². The van der Waals surface area contributed by atoms with E-state index in [9.17, 15) is 0 Å². The van der Waals surface area contributed by atoms with E-state index < -0.39 is 0 Å². The minimum atomic E-state index is 0.759. The predicted octanol–water partition coefficient (Wildman–Crippen LogP) is 2.93. The number of hydrogen-bond acceptors (Lipinski definition) is 2. The number of aromatic nitrogens is 2. The van der Waals surface area contributed by atoms with Crippen LogP contribution in [-0.4, -0.2) is 9.97 Å². The van der Waals surface area contributed by atoms with Crippen molar-refractivity contribution in [2.75, 3.05) is 5.32 Å². The molecule has 2 rings (SSSR count). The molecule has 15 heavy (non-hydrogen) atoms. The minimum absolute atomic E-state index is 0.759. The van der Waals surface area contributed by atoms with Gasteiger partial charge in [-0.3, -0.25) is 0 Å². The third kappa shape index (κ3) is 2.50. The van der Waals surface area contributed by atoms with E-state index in [0.717, 1.165) is 23.6 Å². The van der Waals surface area contributed by atoms with Gasteiger partial charge in [-0.1, -0.05) is 12.1 Å². The molecule has 0 unspecified atom stereocenters. The Bertz CT molecular complexity index is 451. The Kier molecular flexibility index (Phi) is 3.25. The van der Waals surface area contributed by atoms with Gasteiger partial charge in [-0.05, 0) is 41.6 Å². The van der Waals surface area contributed by atoms with Crippen molar-refractivity contribution in [1.82, 2.24) is 9.97 Å². The Morgan fingerprint density at radius 3 is 2.87 bits per heavy atom. The number of para-hydroxylation sites is 1. The maximum absolute atomic E-state index is 4.24. The van der Waals surface area contributed by atoms with Crippen LogP contribution in [0, 0.1) is 10.5 Å². The number of aryl methyl sites for hydroxylation is 1. The van der Waals surface area contributed by atoms with Gasteiger partial charge in [-0.15, -0.1) is 0 Å². The molecule has 0 atom stereocenters. The van der Waals surface area contributed by atoms with Gasteiger partial charge in [0.25, 0.3) is 0 Å². The molecule has 2 N–H and O–H groups in total. The lowest BCUT2D eigenvalue weighted by Gasteiger charge is -2.06. The topological polar surface area (TPSA) is 40.7 Å². The number of H-pyrrole nitrogens is 1. The average Bonchev–Trinajstić information content (AvgIpc) is 2.63. The molecule has 0 aliphatic rings. The van der Waals surface area contributed by atoms with E-state index in [2.05, 4.69) is 50.0 Å². The maximum atomic E-state index is 4.24. The summed E-state index contributed by atoms with van der Waals surface area (Å²) in [7, 11) is 0. The molecule has 1 heterocycles. The molecule has 1 aromatic carbocycles. The first kappa shape index (κ1) is 10.5. The predicted molar refractivity (Wildman–Crippen MR) is 69.8 cm³/mol. The molecule has 0 amide bonds. The normalized spacial score (nSPS) is 10.3. The van der Waals surface area contributed by atoms with Gasteiger partial charge >= 0.3 is 0 Å². The molecule has 0 spiro atoms. The zero-order valence-corrected chi connectivity index (χ0v) is 10.6. The zero-order chi connectivity index (χ0) is 10.7. The van der Waals surface area contributed by atoms with E-state index in [4.69, 9.17) is 0 Å². The SMILES string of the molecule is Cc1[nH]cnc1CNc1ccccc1I. The molecule has 2 aromatic rings. The van der Waals surface area contributed by atoms with Crippen LogP contribution >= 0.6 is 22.6 Å². The van der Waals surface area contributed by atoms with E-state index in [1.807, 2.05) is 19.1 Å². The summed E-state index contributed by atoms with van der Waals surface area (Å²) >= 11 is 2.32. The minimum Gasteiger partial charge on any atom is -0.378 e. The highest BCUT2D eigenvalue weighted by atomic mass is 127. The van der Waals surface area contributed by atoms with Crippen LogP contribution in [0.2, 0.25) is 0 Å². The van der Waals surface area contributed by atoms with Crippen LogP contribution in [0.1, 0.15) is 11.4 Å². The molecule has 0 radical (unpaired) electrons. The summed E-state index contributed by atoms with van der Waals surface area (Å²) in [5.74, 6) is 0. The molecule has 0 saturated carbocycles. The number of halogens is 1. The number of rotatable bonds is 3. The largest absolute Gasteiger partial charge is 0.378 e. The van der Waals surface area contributed by atoms with Crippen molar-refractivity contribution < 1.29 is 0 Å². The van der Waals surface area contributed by atoms with Crippen LogP contribution in [0.4, 0.5) is 5.69 Å². The van der Waals surface area contributed by atoms with Crippen LogP contribution < -0.4 is 5.32 Å². The molecule has 0 aliphatic heterocycles. The Hall–Kier alpha value is -1.04. The molecular formula is C11H12IN3. The van der Waals surface area contributed by atoms with Gasteiger partial charge in [0, 0.05) is 15.0 Å². The molecular weight excluding hydrogens is 301 g/mol. The van der Waals surface area contributed by atoms with Crippen LogP contribution in [0.5, 0.6) is 0 Å². The molecule has 0 aliphatic carbocycles. The van der Waals surface area contributed by atoms with Crippen molar-refractivity contribution >= 4 is 28.3 Å². The summed E-state index contributed by atoms with van der Waals surface area (Å²) in [4.78, 5) is 7.31. The highest BCUT2D eigenvalue weighted by molar-refractivity contribution is 14.1. The van der Waals surface area contributed by atoms with Crippen molar-refractivity contribution in [3.8, 4) is 0 Å². The van der Waals surface area contributed by atoms with Crippen molar-refractivity contribution in [1.29, 1.82) is 0 Å². The number of hydrogen-bond donors (Lipinski definition) is 2.